The molecule has 1 amide bonds. The van der Waals surface area contributed by atoms with Crippen molar-refractivity contribution >= 4 is 31.8 Å². The third-order valence-electron chi connectivity index (χ3n) is 5.97. The van der Waals surface area contributed by atoms with Crippen molar-refractivity contribution in [2.45, 2.75) is 29.6 Å². The number of benzene rings is 2. The summed E-state index contributed by atoms with van der Waals surface area (Å²) in [5.74, 6) is 0.0277. The first-order chi connectivity index (χ1) is 15.4. The van der Waals surface area contributed by atoms with Crippen LogP contribution < -0.4 is 4.31 Å². The summed E-state index contributed by atoms with van der Waals surface area (Å²) in [7, 11) is -5.01. The summed E-state index contributed by atoms with van der Waals surface area (Å²) >= 11 is 0. The van der Waals surface area contributed by atoms with Crippen LogP contribution in [0.25, 0.3) is 0 Å². The molecule has 0 radical (unpaired) electrons. The van der Waals surface area contributed by atoms with Crippen LogP contribution in [0.5, 0.6) is 0 Å². The number of hydrogen-bond donors (Lipinski definition) is 1. The van der Waals surface area contributed by atoms with Gasteiger partial charge in [-0.1, -0.05) is 23.8 Å². The van der Waals surface area contributed by atoms with E-state index in [0.717, 1.165) is 9.87 Å². The first-order valence-electron chi connectivity index (χ1n) is 10.5. The molecule has 1 N–H and O–H groups in total. The van der Waals surface area contributed by atoms with Crippen LogP contribution in [0.2, 0.25) is 0 Å². The van der Waals surface area contributed by atoms with Crippen LogP contribution in [0, 0.1) is 12.8 Å². The van der Waals surface area contributed by atoms with E-state index in [2.05, 4.69) is 0 Å². The van der Waals surface area contributed by atoms with Gasteiger partial charge in [-0.05, 0) is 56.0 Å². The van der Waals surface area contributed by atoms with Gasteiger partial charge in [0.1, 0.15) is 0 Å². The molecule has 1 saturated heterocycles. The van der Waals surface area contributed by atoms with Gasteiger partial charge in [0, 0.05) is 33.7 Å². The maximum absolute atomic E-state index is 13.1. The molecule has 0 aromatic heterocycles. The van der Waals surface area contributed by atoms with E-state index in [1.807, 2.05) is 6.92 Å². The Morgan fingerprint density at radius 3 is 2.06 bits per heavy atom. The average molecular weight is 496 g/mol. The van der Waals surface area contributed by atoms with Gasteiger partial charge in [-0.2, -0.15) is 0 Å². The number of amides is 1. The van der Waals surface area contributed by atoms with E-state index in [0.29, 0.717) is 31.6 Å². The van der Waals surface area contributed by atoms with Gasteiger partial charge in [0.05, 0.1) is 15.5 Å². The van der Waals surface area contributed by atoms with Gasteiger partial charge in [-0.3, -0.25) is 4.31 Å². The summed E-state index contributed by atoms with van der Waals surface area (Å²) in [6, 6.07) is 12.3. The Bertz CT molecular complexity index is 1200. The molecule has 0 saturated carbocycles. The predicted octanol–water partition coefficient (Wildman–Crippen LogP) is 2.83. The van der Waals surface area contributed by atoms with Crippen molar-refractivity contribution < 1.29 is 26.7 Å². The highest BCUT2D eigenvalue weighted by molar-refractivity contribution is 7.93. The van der Waals surface area contributed by atoms with E-state index >= 15 is 0 Å². The fraction of sp³-hybridized carbons (Fsp3) is 0.409. The molecular weight excluding hydrogens is 466 g/mol. The van der Waals surface area contributed by atoms with E-state index < -0.39 is 26.1 Å². The molecule has 0 aliphatic carbocycles. The number of likely N-dealkylation sites (tertiary alicyclic amines) is 1. The summed E-state index contributed by atoms with van der Waals surface area (Å²) in [5, 5.41) is 9.07. The van der Waals surface area contributed by atoms with Crippen LogP contribution in [0.1, 0.15) is 18.4 Å². The zero-order valence-corrected chi connectivity index (χ0v) is 20.5. The minimum absolute atomic E-state index is 0.0277. The smallest absolute Gasteiger partial charge is 0.407 e. The molecule has 1 aliphatic heterocycles. The number of carboxylic acid groups (broad SMARTS) is 1. The van der Waals surface area contributed by atoms with Gasteiger partial charge in [-0.15, -0.1) is 0 Å². The Hall–Kier alpha value is -2.63. The highest BCUT2D eigenvalue weighted by Crippen LogP contribution is 2.26. The molecule has 2 aromatic rings. The van der Waals surface area contributed by atoms with Crippen molar-refractivity contribution in [3.63, 3.8) is 0 Å². The molecule has 0 bridgehead atoms. The number of anilines is 1. The first kappa shape index (κ1) is 25.0. The van der Waals surface area contributed by atoms with Gasteiger partial charge < -0.3 is 10.0 Å². The van der Waals surface area contributed by atoms with Crippen molar-refractivity contribution in [1.82, 2.24) is 9.21 Å². The molecule has 0 spiro atoms. The van der Waals surface area contributed by atoms with E-state index in [9.17, 15) is 21.6 Å². The maximum atomic E-state index is 13.1. The Balaban J connectivity index is 1.78. The lowest BCUT2D eigenvalue weighted by Crippen LogP contribution is -2.41. The average Bonchev–Trinajstić information content (AvgIpc) is 2.79. The molecule has 0 atom stereocenters. The summed E-state index contributed by atoms with van der Waals surface area (Å²) in [6.07, 6.45) is 0.173. The van der Waals surface area contributed by atoms with E-state index in [-0.39, 0.29) is 22.3 Å². The third kappa shape index (κ3) is 5.48. The second kappa shape index (κ2) is 9.70. The van der Waals surface area contributed by atoms with Crippen LogP contribution in [-0.4, -0.2) is 71.0 Å². The summed E-state index contributed by atoms with van der Waals surface area (Å²) in [4.78, 5) is 12.2. The topological polar surface area (TPSA) is 115 Å². The molecule has 3 rings (SSSR count). The molecule has 1 heterocycles. The molecule has 0 unspecified atom stereocenters. The number of rotatable bonds is 7. The number of aryl methyl sites for hydroxylation is 1. The lowest BCUT2D eigenvalue weighted by atomic mass is 9.97. The van der Waals surface area contributed by atoms with E-state index in [1.54, 1.807) is 24.3 Å². The fourth-order valence-corrected chi connectivity index (χ4v) is 6.41. The molecule has 11 heteroatoms. The summed E-state index contributed by atoms with van der Waals surface area (Å²) in [6.45, 7) is 2.87. The highest BCUT2D eigenvalue weighted by Gasteiger charge is 2.29. The van der Waals surface area contributed by atoms with Crippen molar-refractivity contribution in [3.8, 4) is 0 Å². The lowest BCUT2D eigenvalue weighted by Gasteiger charge is -2.32. The van der Waals surface area contributed by atoms with Crippen molar-refractivity contribution in [2.75, 3.05) is 38.0 Å². The van der Waals surface area contributed by atoms with Gasteiger partial charge in [0.2, 0.25) is 10.0 Å². The number of carbonyl (C=O) groups is 1. The molecule has 1 fully saturated rings. The monoisotopic (exact) mass is 495 g/mol. The molecule has 2 aromatic carbocycles. The Morgan fingerprint density at radius 1 is 0.970 bits per heavy atom. The van der Waals surface area contributed by atoms with Crippen LogP contribution in [0.3, 0.4) is 0 Å². The predicted molar refractivity (Wildman–Crippen MR) is 125 cm³/mol. The summed E-state index contributed by atoms with van der Waals surface area (Å²) < 4.78 is 54.9. The number of nitrogens with zero attached hydrogens (tertiary/aromatic N) is 3. The van der Waals surface area contributed by atoms with Crippen LogP contribution >= 0.6 is 0 Å². The Kier molecular flexibility index (Phi) is 7.35. The Labute approximate surface area is 195 Å². The quantitative estimate of drug-likeness (QED) is 0.632. The third-order valence-corrected chi connectivity index (χ3v) is 9.57. The van der Waals surface area contributed by atoms with E-state index in [4.69, 9.17) is 5.11 Å². The minimum atomic E-state index is -3.97. The van der Waals surface area contributed by atoms with Crippen molar-refractivity contribution in [2.24, 2.45) is 5.92 Å². The Morgan fingerprint density at radius 2 is 1.52 bits per heavy atom. The highest BCUT2D eigenvalue weighted by atomic mass is 32.2. The molecule has 9 nitrogen and oxygen atoms in total. The maximum Gasteiger partial charge on any atom is 0.407 e. The number of piperidine rings is 1. The zero-order valence-electron chi connectivity index (χ0n) is 18.9. The summed E-state index contributed by atoms with van der Waals surface area (Å²) in [5.41, 5.74) is 1.47. The SMILES string of the molecule is Cc1ccc(N(C)S(=O)(=O)c2cccc(S(=O)(=O)N(C)CC3CCN(C(=O)O)CC3)c2)cc1. The second-order valence-corrected chi connectivity index (χ2v) is 12.3. The molecule has 33 heavy (non-hydrogen) atoms. The van der Waals surface area contributed by atoms with Crippen LogP contribution in [0.4, 0.5) is 10.5 Å². The minimum Gasteiger partial charge on any atom is -0.465 e. The fourth-order valence-electron chi connectivity index (χ4n) is 3.80. The van der Waals surface area contributed by atoms with Gasteiger partial charge in [-0.25, -0.2) is 25.9 Å². The molecule has 1 aliphatic rings. The standard InChI is InChI=1S/C22H29N3O6S2/c1-17-7-9-19(10-8-17)24(3)33(30,31)21-6-4-5-20(15-21)32(28,29)23(2)16-18-11-13-25(14-12-18)22(26)27/h4-10,15,18H,11-14,16H2,1-3H3,(H,26,27). The lowest BCUT2D eigenvalue weighted by molar-refractivity contribution is 0.121. The zero-order chi connectivity index (χ0) is 24.4. The largest absolute Gasteiger partial charge is 0.465 e. The number of sulfonamides is 2. The van der Waals surface area contributed by atoms with Crippen molar-refractivity contribution in [3.05, 3.63) is 54.1 Å². The van der Waals surface area contributed by atoms with Crippen molar-refractivity contribution in [1.29, 1.82) is 0 Å². The number of hydrogen-bond acceptors (Lipinski definition) is 5. The van der Waals surface area contributed by atoms with Crippen LogP contribution in [-0.2, 0) is 20.0 Å². The van der Waals surface area contributed by atoms with E-state index in [1.165, 1.54) is 47.6 Å². The van der Waals surface area contributed by atoms with Gasteiger partial charge in [0.25, 0.3) is 10.0 Å². The molecule has 180 valence electrons. The first-order valence-corrected chi connectivity index (χ1v) is 13.4. The van der Waals surface area contributed by atoms with Crippen LogP contribution in [0.15, 0.2) is 58.3 Å². The second-order valence-electron chi connectivity index (χ2n) is 8.28. The molecular formula is C22H29N3O6S2. The van der Waals surface area contributed by atoms with Gasteiger partial charge >= 0.3 is 6.09 Å². The normalized spacial score (nSPS) is 15.6. The van der Waals surface area contributed by atoms with Gasteiger partial charge in [0.15, 0.2) is 0 Å².